The van der Waals surface area contributed by atoms with Crippen LogP contribution in [0.2, 0.25) is 54.4 Å². The Balaban J connectivity index is 3.23. The fourth-order valence-corrected chi connectivity index (χ4v) is 9.55. The molecule has 1 aromatic rings. The lowest BCUT2D eigenvalue weighted by Crippen LogP contribution is -2.53. The van der Waals surface area contributed by atoms with Crippen molar-refractivity contribution in [3.05, 3.63) is 29.8 Å². The van der Waals surface area contributed by atoms with Gasteiger partial charge < -0.3 is 38.1 Å². The van der Waals surface area contributed by atoms with Crippen LogP contribution in [0.15, 0.2) is 24.3 Å². The second-order valence-electron chi connectivity index (χ2n) is 19.9. The van der Waals surface area contributed by atoms with Gasteiger partial charge in [0, 0.05) is 19.1 Å². The summed E-state index contributed by atoms with van der Waals surface area (Å²) in [7, 11) is -4.99. The molecule has 0 bridgehead atoms. The smallest absolute Gasteiger partial charge is 0.192 e. The zero-order chi connectivity index (χ0) is 40.5. The van der Waals surface area contributed by atoms with Crippen molar-refractivity contribution in [2.75, 3.05) is 13.7 Å². The minimum Gasteiger partial charge on any atom is -0.497 e. The van der Waals surface area contributed by atoms with Gasteiger partial charge in [0.05, 0.1) is 44.2 Å². The largest absolute Gasteiger partial charge is 0.497 e. The van der Waals surface area contributed by atoms with E-state index in [9.17, 15) is 15.3 Å². The van der Waals surface area contributed by atoms with E-state index in [1.54, 1.807) is 7.11 Å². The fourth-order valence-electron chi connectivity index (χ4n) is 5.41. The van der Waals surface area contributed by atoms with Gasteiger partial charge in [0.1, 0.15) is 5.75 Å². The summed E-state index contributed by atoms with van der Waals surface area (Å²) < 4.78 is 32.5. The summed E-state index contributed by atoms with van der Waals surface area (Å²) in [6.07, 6.45) is -0.0749. The van der Waals surface area contributed by atoms with E-state index >= 15 is 0 Å². The molecule has 0 aliphatic heterocycles. The van der Waals surface area contributed by atoms with Crippen molar-refractivity contribution in [1.82, 2.24) is 0 Å². The van der Waals surface area contributed by atoms with Crippen molar-refractivity contribution in [2.45, 2.75) is 206 Å². The van der Waals surface area contributed by atoms with Gasteiger partial charge >= 0.3 is 0 Å². The van der Waals surface area contributed by atoms with Gasteiger partial charge in [-0.25, -0.2) is 0 Å². The van der Waals surface area contributed by atoms with Gasteiger partial charge in [0.2, 0.25) is 0 Å². The number of ether oxygens (including phenoxy) is 2. The number of hydrogen-bond acceptors (Lipinski definition) is 8. The molecule has 0 heterocycles. The van der Waals surface area contributed by atoms with Gasteiger partial charge in [0.15, 0.2) is 25.0 Å². The number of aliphatic hydroxyl groups is 3. The molecule has 0 radical (unpaired) electrons. The lowest BCUT2D eigenvalue weighted by atomic mass is 9.89. The van der Waals surface area contributed by atoms with E-state index in [4.69, 9.17) is 22.8 Å². The van der Waals surface area contributed by atoms with Crippen LogP contribution in [0.4, 0.5) is 0 Å². The Morgan fingerprint density at radius 1 is 0.635 bits per heavy atom. The van der Waals surface area contributed by atoms with Gasteiger partial charge in [0.25, 0.3) is 0 Å². The first-order chi connectivity index (χ1) is 23.5. The maximum Gasteiger partial charge on any atom is 0.192 e. The molecule has 11 heteroatoms. The van der Waals surface area contributed by atoms with Gasteiger partial charge in [-0.3, -0.25) is 0 Å². The molecule has 52 heavy (non-hydrogen) atoms. The van der Waals surface area contributed by atoms with Crippen LogP contribution in [-0.4, -0.2) is 90.6 Å². The standard InChI is InChI=1S/C41H82O8Si3/c1-30(27-37(49-52(17,18)41(9,10)11)36(25-26-42)48-51(15,16)40(6,7)8)38(44)35(43)28-34(47-50(13,14)39(3,4)5)22-19-31(2)46-29-32-20-23-33(45-12)24-21-32/h20-21,23-24,30-31,34-38,42-44H,19,22,25-29H2,1-18H3/t30-,31?,34-,35-,36-,37-,38+/m0/s1. The number of benzene rings is 1. The molecule has 0 saturated heterocycles. The Labute approximate surface area is 323 Å². The normalized spacial score (nSPS) is 18.0. The third-order valence-electron chi connectivity index (χ3n) is 12.3. The zero-order valence-electron chi connectivity index (χ0n) is 36.7. The van der Waals surface area contributed by atoms with Crippen molar-refractivity contribution in [1.29, 1.82) is 0 Å². The lowest BCUT2D eigenvalue weighted by Gasteiger charge is -2.46. The highest BCUT2D eigenvalue weighted by Crippen LogP contribution is 2.42. The molecule has 3 N–H and O–H groups in total. The summed E-state index contributed by atoms with van der Waals surface area (Å²) in [6, 6.07) is 7.91. The molecule has 0 saturated carbocycles. The topological polar surface area (TPSA) is 107 Å². The van der Waals surface area contributed by atoms with Crippen LogP contribution in [0, 0.1) is 5.92 Å². The highest BCUT2D eigenvalue weighted by molar-refractivity contribution is 6.75. The first-order valence-electron chi connectivity index (χ1n) is 19.7. The molecule has 0 spiro atoms. The van der Waals surface area contributed by atoms with E-state index in [-0.39, 0.29) is 52.1 Å². The second-order valence-corrected chi connectivity index (χ2v) is 34.2. The summed E-state index contributed by atoms with van der Waals surface area (Å²) in [5, 5.41) is 33.6. The Morgan fingerprint density at radius 3 is 1.54 bits per heavy atom. The molecular formula is C41H82O8Si3. The van der Waals surface area contributed by atoms with Gasteiger partial charge in [-0.05, 0) is 111 Å². The van der Waals surface area contributed by atoms with E-state index in [2.05, 4.69) is 109 Å². The number of hydrogen-bond donors (Lipinski definition) is 3. The van der Waals surface area contributed by atoms with Crippen molar-refractivity contribution < 1.29 is 38.1 Å². The predicted molar refractivity (Wildman–Crippen MR) is 225 cm³/mol. The molecule has 0 aliphatic rings. The lowest BCUT2D eigenvalue weighted by molar-refractivity contribution is -0.0572. The van der Waals surface area contributed by atoms with Crippen molar-refractivity contribution in [2.24, 2.45) is 5.92 Å². The van der Waals surface area contributed by atoms with Crippen molar-refractivity contribution in [3.63, 3.8) is 0 Å². The van der Waals surface area contributed by atoms with E-state index < -0.39 is 37.2 Å². The molecule has 0 amide bonds. The number of methoxy groups -OCH3 is 1. The quantitative estimate of drug-likeness (QED) is 0.0998. The Hall–Kier alpha value is -0.609. The maximum atomic E-state index is 11.7. The average molecular weight is 787 g/mol. The third-order valence-corrected chi connectivity index (χ3v) is 25.8. The molecule has 1 unspecified atom stereocenters. The summed E-state index contributed by atoms with van der Waals surface area (Å²) in [4.78, 5) is 0. The summed E-state index contributed by atoms with van der Waals surface area (Å²) in [5.74, 6) is 0.537. The Kier molecular flexibility index (Phi) is 19.0. The summed E-state index contributed by atoms with van der Waals surface area (Å²) in [5.41, 5.74) is 1.08. The average Bonchev–Trinajstić information content (AvgIpc) is 2.99. The predicted octanol–water partition coefficient (Wildman–Crippen LogP) is 10.1. The van der Waals surface area contributed by atoms with Gasteiger partial charge in [-0.2, -0.15) is 0 Å². The first-order valence-corrected chi connectivity index (χ1v) is 28.5. The van der Waals surface area contributed by atoms with E-state index in [1.807, 2.05) is 31.2 Å². The molecule has 1 rings (SSSR count). The van der Waals surface area contributed by atoms with Gasteiger partial charge in [-0.15, -0.1) is 0 Å². The molecule has 1 aromatic carbocycles. The molecule has 8 nitrogen and oxygen atoms in total. The molecular weight excluding hydrogens is 705 g/mol. The Morgan fingerprint density at radius 2 is 1.10 bits per heavy atom. The van der Waals surface area contributed by atoms with E-state index in [1.165, 1.54) is 0 Å². The van der Waals surface area contributed by atoms with Crippen LogP contribution in [0.1, 0.15) is 114 Å². The zero-order valence-corrected chi connectivity index (χ0v) is 39.7. The minimum absolute atomic E-state index is 0.00123. The highest BCUT2D eigenvalue weighted by atomic mass is 28.4. The first kappa shape index (κ1) is 49.4. The van der Waals surface area contributed by atoms with E-state index in [0.29, 0.717) is 32.3 Å². The van der Waals surface area contributed by atoms with Crippen LogP contribution in [0.3, 0.4) is 0 Å². The molecule has 0 aromatic heterocycles. The Bertz CT molecular complexity index is 1150. The second kappa shape index (κ2) is 20.0. The highest BCUT2D eigenvalue weighted by Gasteiger charge is 2.46. The fraction of sp³-hybridized carbons (Fsp3) is 0.854. The molecule has 0 fully saturated rings. The SMILES string of the molecule is COc1ccc(COC(C)CC[C@@H](C[C@H](O)[C@H](O)[C@@H](C)C[C@H](O[Si](C)(C)C(C)(C)C)[C@H](CCO)O[Si](C)(C)C(C)(C)C)O[Si](C)(C)C(C)(C)C)cc1. The van der Waals surface area contributed by atoms with Crippen LogP contribution < -0.4 is 4.74 Å². The van der Waals surface area contributed by atoms with Gasteiger partial charge in [-0.1, -0.05) is 81.4 Å². The van der Waals surface area contributed by atoms with E-state index in [0.717, 1.165) is 17.7 Å². The molecule has 306 valence electrons. The summed E-state index contributed by atoms with van der Waals surface area (Å²) in [6.45, 7) is 38.0. The number of aliphatic hydroxyl groups excluding tert-OH is 3. The van der Waals surface area contributed by atoms with Crippen LogP contribution in [0.25, 0.3) is 0 Å². The van der Waals surface area contributed by atoms with Crippen molar-refractivity contribution >= 4 is 25.0 Å². The molecule has 7 atom stereocenters. The van der Waals surface area contributed by atoms with Crippen LogP contribution >= 0.6 is 0 Å². The monoisotopic (exact) mass is 787 g/mol. The minimum atomic E-state index is -2.26. The summed E-state index contributed by atoms with van der Waals surface area (Å²) >= 11 is 0. The van der Waals surface area contributed by atoms with Crippen molar-refractivity contribution in [3.8, 4) is 5.75 Å². The maximum absolute atomic E-state index is 11.7. The van der Waals surface area contributed by atoms with Crippen LogP contribution in [0.5, 0.6) is 5.75 Å². The third kappa shape index (κ3) is 15.5. The van der Waals surface area contributed by atoms with Crippen LogP contribution in [-0.2, 0) is 24.6 Å². The molecule has 0 aliphatic carbocycles. The number of rotatable bonds is 22.